The summed E-state index contributed by atoms with van der Waals surface area (Å²) in [5, 5.41) is 15.7. The molecule has 36 heavy (non-hydrogen) atoms. The highest BCUT2D eigenvalue weighted by molar-refractivity contribution is 7.75. The van der Waals surface area contributed by atoms with Gasteiger partial charge in [0.2, 0.25) is 5.95 Å². The summed E-state index contributed by atoms with van der Waals surface area (Å²) in [6.07, 6.45) is 0.707. The summed E-state index contributed by atoms with van der Waals surface area (Å²) in [7, 11) is -0.267. The first-order valence-corrected chi connectivity index (χ1v) is 12.1. The van der Waals surface area contributed by atoms with E-state index in [4.69, 9.17) is 4.74 Å². The highest BCUT2D eigenvalue weighted by atomic mass is 32.2. The molecule has 0 fully saturated rings. The molecule has 3 aromatic rings. The number of carbonyl (C=O) groups is 1. The molecule has 0 saturated heterocycles. The second-order valence-corrected chi connectivity index (χ2v) is 8.50. The van der Waals surface area contributed by atoms with Gasteiger partial charge in [-0.2, -0.15) is 4.98 Å². The Kier molecular flexibility index (Phi) is 9.62. The van der Waals surface area contributed by atoms with Crippen molar-refractivity contribution in [3.05, 3.63) is 65.9 Å². The number of hydrogen-bond donors (Lipinski definition) is 3. The molecule has 3 N–H and O–H groups in total. The molecule has 1 heterocycles. The second-order valence-electron chi connectivity index (χ2n) is 7.35. The van der Waals surface area contributed by atoms with E-state index >= 15 is 0 Å². The van der Waals surface area contributed by atoms with Crippen LogP contribution in [0.2, 0.25) is 0 Å². The van der Waals surface area contributed by atoms with Crippen LogP contribution >= 0.6 is 0 Å². The molecule has 0 aliphatic carbocycles. The Morgan fingerprint density at radius 1 is 1.17 bits per heavy atom. The number of hydrogen-bond acceptors (Lipinski definition) is 10. The number of anilines is 3. The van der Waals surface area contributed by atoms with Gasteiger partial charge in [-0.1, -0.05) is 28.9 Å². The molecule has 0 bridgehead atoms. The smallest absolute Gasteiger partial charge is 0.410 e. The minimum atomic E-state index is -1.87. The predicted molar refractivity (Wildman–Crippen MR) is 137 cm³/mol. The number of ether oxygens (including phenoxy) is 2. The Hall–Kier alpha value is -4.14. The van der Waals surface area contributed by atoms with Crippen LogP contribution < -0.4 is 15.4 Å². The zero-order chi connectivity index (χ0) is 25.9. The minimum absolute atomic E-state index is 0.0897. The zero-order valence-electron chi connectivity index (χ0n) is 20.0. The van der Waals surface area contributed by atoms with Crippen molar-refractivity contribution >= 4 is 34.1 Å². The molecule has 0 saturated carbocycles. The largest absolute Gasteiger partial charge is 0.497 e. The number of nitrogens with one attached hydrogen (secondary N) is 2. The second kappa shape index (κ2) is 13.1. The van der Waals surface area contributed by atoms with E-state index in [9.17, 15) is 14.1 Å². The van der Waals surface area contributed by atoms with Gasteiger partial charge in [0.1, 0.15) is 11.6 Å². The number of aliphatic hydroxyl groups excluding tert-OH is 1. The van der Waals surface area contributed by atoms with E-state index in [1.54, 1.807) is 44.5 Å². The lowest BCUT2D eigenvalue weighted by Crippen LogP contribution is -2.21. The van der Waals surface area contributed by atoms with Crippen LogP contribution in [0.15, 0.2) is 64.0 Å². The van der Waals surface area contributed by atoms with Gasteiger partial charge in [-0.25, -0.2) is 9.78 Å². The molecule has 0 aliphatic heterocycles. The molecule has 0 spiro atoms. The number of aliphatic hydroxyl groups is 1. The van der Waals surface area contributed by atoms with Crippen LogP contribution in [0.25, 0.3) is 0 Å². The van der Waals surface area contributed by atoms with Gasteiger partial charge in [-0.05, 0) is 50.2 Å². The molecular formula is C25H26N5O5S-. The molecule has 0 aliphatic rings. The Balaban J connectivity index is 1.80. The van der Waals surface area contributed by atoms with Crippen molar-refractivity contribution in [3.8, 4) is 17.6 Å². The maximum absolute atomic E-state index is 12.2. The third-order valence-electron chi connectivity index (χ3n) is 4.61. The van der Waals surface area contributed by atoms with Gasteiger partial charge in [0.05, 0.1) is 32.1 Å². The van der Waals surface area contributed by atoms with Gasteiger partial charge in [-0.3, -0.25) is 4.36 Å². The highest BCUT2D eigenvalue weighted by Gasteiger charge is 2.09. The Morgan fingerprint density at radius 2 is 1.89 bits per heavy atom. The summed E-state index contributed by atoms with van der Waals surface area (Å²) in [6, 6.07) is 13.6. The molecule has 188 valence electrons. The van der Waals surface area contributed by atoms with Crippen molar-refractivity contribution in [2.24, 2.45) is 4.36 Å². The van der Waals surface area contributed by atoms with E-state index < -0.39 is 16.7 Å². The summed E-state index contributed by atoms with van der Waals surface area (Å²) in [6.45, 7) is 3.52. The van der Waals surface area contributed by atoms with Crippen LogP contribution in [0.4, 0.5) is 22.2 Å². The van der Waals surface area contributed by atoms with Crippen LogP contribution in [0.5, 0.6) is 5.75 Å². The van der Waals surface area contributed by atoms with E-state index in [0.717, 1.165) is 11.3 Å². The normalized spacial score (nSPS) is 12.1. The minimum Gasteiger partial charge on any atom is -0.497 e. The fraction of sp³-hybridized carbons (Fsp3) is 0.240. The predicted octanol–water partition coefficient (Wildman–Crippen LogP) is 4.08. The van der Waals surface area contributed by atoms with Crippen molar-refractivity contribution in [2.45, 2.75) is 24.8 Å². The lowest BCUT2D eigenvalue weighted by molar-refractivity contribution is 0.164. The summed E-state index contributed by atoms with van der Waals surface area (Å²) >= 11 is 0. The van der Waals surface area contributed by atoms with Crippen molar-refractivity contribution < 1.29 is 23.6 Å². The quantitative estimate of drug-likeness (QED) is 0.304. The SMILES string of the molecule is CCOC(=O)N=[S-](=O)c1ccc(Nc2ncc(C#Cc3ccc(OC)cc3)c(N[C@H](C)CO)n2)cc1. The average Bonchev–Trinajstić information content (AvgIpc) is 2.89. The first-order valence-electron chi connectivity index (χ1n) is 11.0. The average molecular weight is 509 g/mol. The molecule has 11 heteroatoms. The van der Waals surface area contributed by atoms with Crippen LogP contribution in [0.1, 0.15) is 25.0 Å². The maximum Gasteiger partial charge on any atom is 0.410 e. The summed E-state index contributed by atoms with van der Waals surface area (Å²) in [5.41, 5.74) is 1.99. The summed E-state index contributed by atoms with van der Waals surface area (Å²) in [5.74, 6) is 7.63. The highest BCUT2D eigenvalue weighted by Crippen LogP contribution is 2.19. The number of carbonyl (C=O) groups excluding carboxylic acids is 1. The fourth-order valence-corrected chi connectivity index (χ4v) is 3.45. The van der Waals surface area contributed by atoms with Crippen LogP contribution in [-0.2, 0) is 19.5 Å². The van der Waals surface area contributed by atoms with Gasteiger partial charge in [-0.15, -0.1) is 10.6 Å². The summed E-state index contributed by atoms with van der Waals surface area (Å²) < 4.78 is 25.5. The lowest BCUT2D eigenvalue weighted by Gasteiger charge is -2.14. The fourth-order valence-electron chi connectivity index (χ4n) is 2.79. The first-order chi connectivity index (χ1) is 17.4. The Labute approximate surface area is 211 Å². The molecular weight excluding hydrogens is 482 g/mol. The number of rotatable bonds is 8. The third kappa shape index (κ3) is 7.69. The third-order valence-corrected chi connectivity index (χ3v) is 5.60. The van der Waals surface area contributed by atoms with Crippen LogP contribution in [-0.4, -0.2) is 47.5 Å². The standard InChI is InChI=1S/C25H26N5O5S/c1-4-35-25(32)30-36(33)22-13-9-20(10-14-22)28-24-26-15-19(23(29-24)27-17(2)16-31)8-5-18-6-11-21(34-3)12-7-18/h6-7,9-15,17,31H,4,16H2,1-3H3,(H2,26,27,28,29)/q-1/t17-/m1/s1. The Morgan fingerprint density at radius 3 is 2.53 bits per heavy atom. The molecule has 0 unspecified atom stereocenters. The number of amides is 1. The molecule has 2 aromatic carbocycles. The molecule has 1 aromatic heterocycles. The van der Waals surface area contributed by atoms with Crippen molar-refractivity contribution in [1.29, 1.82) is 0 Å². The topological polar surface area (TPSA) is 135 Å². The number of nitrogens with zero attached hydrogens (tertiary/aromatic N) is 3. The Bertz CT molecular complexity index is 1330. The molecule has 10 nitrogen and oxygen atoms in total. The van der Waals surface area contributed by atoms with Crippen molar-refractivity contribution in [1.82, 2.24) is 9.97 Å². The van der Waals surface area contributed by atoms with Gasteiger partial charge in [0, 0.05) is 17.3 Å². The lowest BCUT2D eigenvalue weighted by atomic mass is 10.2. The molecule has 0 radical (unpaired) electrons. The first kappa shape index (κ1) is 26.5. The number of benzene rings is 2. The maximum atomic E-state index is 12.2. The van der Waals surface area contributed by atoms with Gasteiger partial charge in [0.15, 0.2) is 0 Å². The van der Waals surface area contributed by atoms with Crippen LogP contribution in [0, 0.1) is 11.8 Å². The van der Waals surface area contributed by atoms with E-state index in [-0.39, 0.29) is 19.3 Å². The van der Waals surface area contributed by atoms with E-state index in [2.05, 4.69) is 41.5 Å². The summed E-state index contributed by atoms with van der Waals surface area (Å²) in [4.78, 5) is 20.6. The van der Waals surface area contributed by atoms with Crippen molar-refractivity contribution in [2.75, 3.05) is 31.0 Å². The molecule has 3 rings (SSSR count). The number of methoxy groups -OCH3 is 1. The van der Waals surface area contributed by atoms with E-state index in [1.807, 2.05) is 31.2 Å². The van der Waals surface area contributed by atoms with Crippen molar-refractivity contribution in [3.63, 3.8) is 0 Å². The molecule has 1 atom stereocenters. The van der Waals surface area contributed by atoms with Gasteiger partial charge < -0.3 is 29.4 Å². The molecule has 1 amide bonds. The van der Waals surface area contributed by atoms with E-state index in [1.165, 1.54) is 0 Å². The van der Waals surface area contributed by atoms with Crippen LogP contribution in [0.3, 0.4) is 0 Å². The van der Waals surface area contributed by atoms with Gasteiger partial charge >= 0.3 is 6.09 Å². The monoisotopic (exact) mass is 508 g/mol. The van der Waals surface area contributed by atoms with Gasteiger partial charge in [0.25, 0.3) is 0 Å². The number of aromatic nitrogens is 2. The van der Waals surface area contributed by atoms with E-state index in [0.29, 0.717) is 27.9 Å². The zero-order valence-corrected chi connectivity index (χ0v) is 20.8.